The number of ether oxygens (including phenoxy) is 1. The molecule has 4 rings (SSSR count). The third-order valence-electron chi connectivity index (χ3n) is 3.48. The van der Waals surface area contributed by atoms with E-state index >= 15 is 0 Å². The lowest BCUT2D eigenvalue weighted by Gasteiger charge is -2.01. The Hall–Kier alpha value is -2.61. The number of rotatable bonds is 3. The van der Waals surface area contributed by atoms with Gasteiger partial charge in [-0.25, -0.2) is 0 Å². The molecule has 106 valence electrons. The molecular formula is C13H12N6O2. The maximum absolute atomic E-state index is 5.40. The van der Waals surface area contributed by atoms with Crippen molar-refractivity contribution in [2.75, 3.05) is 13.2 Å². The molecule has 8 heteroatoms. The average Bonchev–Trinajstić information content (AvgIpc) is 3.27. The molecule has 1 aliphatic rings. The van der Waals surface area contributed by atoms with Gasteiger partial charge in [0.05, 0.1) is 12.2 Å². The average molecular weight is 284 g/mol. The summed E-state index contributed by atoms with van der Waals surface area (Å²) in [4.78, 5) is 4.49. The molecule has 1 saturated heterocycles. The Morgan fingerprint density at radius 3 is 2.86 bits per heavy atom. The lowest BCUT2D eigenvalue weighted by Crippen LogP contribution is -1.99. The second kappa shape index (κ2) is 5.06. The first-order chi connectivity index (χ1) is 10.4. The van der Waals surface area contributed by atoms with E-state index in [1.54, 1.807) is 0 Å². The summed E-state index contributed by atoms with van der Waals surface area (Å²) in [6.45, 7) is 1.39. The first-order valence-electron chi connectivity index (χ1n) is 6.66. The number of H-pyrrole nitrogens is 1. The van der Waals surface area contributed by atoms with E-state index in [1.165, 1.54) is 0 Å². The summed E-state index contributed by atoms with van der Waals surface area (Å²) < 4.78 is 10.8. The zero-order valence-corrected chi connectivity index (χ0v) is 11.1. The molecule has 8 nitrogen and oxygen atoms in total. The van der Waals surface area contributed by atoms with Crippen LogP contribution in [0.4, 0.5) is 0 Å². The van der Waals surface area contributed by atoms with E-state index in [9.17, 15) is 0 Å². The Bertz CT molecular complexity index is 733. The predicted molar refractivity (Wildman–Crippen MR) is 71.1 cm³/mol. The van der Waals surface area contributed by atoms with Gasteiger partial charge in [-0.3, -0.25) is 0 Å². The zero-order chi connectivity index (χ0) is 14.1. The van der Waals surface area contributed by atoms with E-state index in [0.717, 1.165) is 24.2 Å². The SMILES string of the molecule is c1ccc(-c2nc([C@H]3CCOC3)no2)c(-c2nn[nH]n2)c1. The molecule has 0 saturated carbocycles. The number of hydrogen-bond acceptors (Lipinski definition) is 7. The molecule has 21 heavy (non-hydrogen) atoms. The molecular weight excluding hydrogens is 272 g/mol. The van der Waals surface area contributed by atoms with Crippen LogP contribution in [0, 0.1) is 0 Å². The number of tetrazole rings is 1. The fourth-order valence-corrected chi connectivity index (χ4v) is 2.39. The van der Waals surface area contributed by atoms with Crippen molar-refractivity contribution in [3.05, 3.63) is 30.1 Å². The normalized spacial score (nSPS) is 18.2. The van der Waals surface area contributed by atoms with Gasteiger partial charge in [-0.1, -0.05) is 23.4 Å². The second-order valence-electron chi connectivity index (χ2n) is 4.80. The van der Waals surface area contributed by atoms with E-state index in [0.29, 0.717) is 24.1 Å². The molecule has 0 radical (unpaired) electrons. The fraction of sp³-hybridized carbons (Fsp3) is 0.308. The summed E-state index contributed by atoms with van der Waals surface area (Å²) in [5.41, 5.74) is 1.58. The van der Waals surface area contributed by atoms with Crippen molar-refractivity contribution in [3.8, 4) is 22.8 Å². The minimum absolute atomic E-state index is 0.208. The van der Waals surface area contributed by atoms with Crippen LogP contribution in [0.1, 0.15) is 18.2 Å². The maximum Gasteiger partial charge on any atom is 0.258 e. The summed E-state index contributed by atoms with van der Waals surface area (Å²) in [7, 11) is 0. The highest BCUT2D eigenvalue weighted by Crippen LogP contribution is 2.30. The molecule has 1 atom stereocenters. The summed E-state index contributed by atoms with van der Waals surface area (Å²) in [6, 6.07) is 7.59. The van der Waals surface area contributed by atoms with Crippen molar-refractivity contribution >= 4 is 0 Å². The van der Waals surface area contributed by atoms with Gasteiger partial charge in [-0.15, -0.1) is 10.2 Å². The van der Waals surface area contributed by atoms with Gasteiger partial charge in [0.15, 0.2) is 5.82 Å². The van der Waals surface area contributed by atoms with Gasteiger partial charge in [0, 0.05) is 18.1 Å². The minimum atomic E-state index is 0.208. The van der Waals surface area contributed by atoms with Crippen molar-refractivity contribution in [3.63, 3.8) is 0 Å². The highest BCUT2D eigenvalue weighted by Gasteiger charge is 2.24. The fourth-order valence-electron chi connectivity index (χ4n) is 2.39. The number of nitrogens with zero attached hydrogens (tertiary/aromatic N) is 5. The number of hydrogen-bond donors (Lipinski definition) is 1. The van der Waals surface area contributed by atoms with Crippen molar-refractivity contribution in [1.29, 1.82) is 0 Å². The zero-order valence-electron chi connectivity index (χ0n) is 11.1. The minimum Gasteiger partial charge on any atom is -0.381 e. The van der Waals surface area contributed by atoms with Gasteiger partial charge in [0.1, 0.15) is 0 Å². The van der Waals surface area contributed by atoms with E-state index in [1.807, 2.05) is 24.3 Å². The van der Waals surface area contributed by atoms with Crippen LogP contribution in [-0.2, 0) is 4.74 Å². The van der Waals surface area contributed by atoms with Crippen LogP contribution in [0.2, 0.25) is 0 Å². The van der Waals surface area contributed by atoms with Crippen LogP contribution in [0.3, 0.4) is 0 Å². The molecule has 0 spiro atoms. The van der Waals surface area contributed by atoms with Crippen LogP contribution in [-0.4, -0.2) is 44.0 Å². The second-order valence-corrected chi connectivity index (χ2v) is 4.80. The molecule has 1 aliphatic heterocycles. The quantitative estimate of drug-likeness (QED) is 0.775. The van der Waals surface area contributed by atoms with Gasteiger partial charge in [-0.05, 0) is 17.7 Å². The lowest BCUT2D eigenvalue weighted by molar-refractivity contribution is 0.192. The van der Waals surface area contributed by atoms with Gasteiger partial charge < -0.3 is 9.26 Å². The summed E-state index contributed by atoms with van der Waals surface area (Å²) in [5.74, 6) is 1.84. The van der Waals surface area contributed by atoms with E-state index < -0.39 is 0 Å². The highest BCUT2D eigenvalue weighted by molar-refractivity contribution is 5.75. The third kappa shape index (κ3) is 2.19. The van der Waals surface area contributed by atoms with E-state index in [4.69, 9.17) is 9.26 Å². The summed E-state index contributed by atoms with van der Waals surface area (Å²) in [6.07, 6.45) is 0.922. The van der Waals surface area contributed by atoms with Gasteiger partial charge in [0.25, 0.3) is 5.89 Å². The van der Waals surface area contributed by atoms with Gasteiger partial charge >= 0.3 is 0 Å². The summed E-state index contributed by atoms with van der Waals surface area (Å²) >= 11 is 0. The van der Waals surface area contributed by atoms with Gasteiger partial charge in [-0.2, -0.15) is 10.2 Å². The Kier molecular flexibility index (Phi) is 2.93. The molecule has 3 heterocycles. The van der Waals surface area contributed by atoms with Crippen molar-refractivity contribution < 1.29 is 9.26 Å². The van der Waals surface area contributed by atoms with Crippen LogP contribution in [0.5, 0.6) is 0 Å². The highest BCUT2D eigenvalue weighted by atomic mass is 16.5. The molecule has 1 fully saturated rings. The first kappa shape index (κ1) is 12.2. The smallest absolute Gasteiger partial charge is 0.258 e. The van der Waals surface area contributed by atoms with Crippen LogP contribution in [0.25, 0.3) is 22.8 Å². The lowest BCUT2D eigenvalue weighted by atomic mass is 10.1. The first-order valence-corrected chi connectivity index (χ1v) is 6.66. The maximum atomic E-state index is 5.40. The third-order valence-corrected chi connectivity index (χ3v) is 3.48. The Labute approximate surface area is 119 Å². The van der Waals surface area contributed by atoms with Gasteiger partial charge in [0.2, 0.25) is 5.82 Å². The van der Waals surface area contributed by atoms with E-state index in [2.05, 4.69) is 30.8 Å². The van der Waals surface area contributed by atoms with Crippen molar-refractivity contribution in [2.24, 2.45) is 0 Å². The molecule has 3 aromatic rings. The standard InChI is InChI=1S/C13H12N6O2/c1-2-4-10(9(3-1)12-15-18-19-16-12)13-14-11(17-21-13)8-5-6-20-7-8/h1-4,8H,5-7H2,(H,15,16,18,19)/t8-/m0/s1. The summed E-state index contributed by atoms with van der Waals surface area (Å²) in [5, 5.41) is 18.1. The number of nitrogens with one attached hydrogen (secondary N) is 1. The Balaban J connectivity index is 1.74. The number of aromatic amines is 1. The Morgan fingerprint density at radius 1 is 1.19 bits per heavy atom. The molecule has 0 bridgehead atoms. The number of benzene rings is 1. The van der Waals surface area contributed by atoms with Crippen LogP contribution >= 0.6 is 0 Å². The van der Waals surface area contributed by atoms with Crippen LogP contribution < -0.4 is 0 Å². The van der Waals surface area contributed by atoms with E-state index in [-0.39, 0.29) is 5.92 Å². The molecule has 0 aliphatic carbocycles. The Morgan fingerprint density at radius 2 is 2.10 bits per heavy atom. The molecule has 1 N–H and O–H groups in total. The largest absolute Gasteiger partial charge is 0.381 e. The van der Waals surface area contributed by atoms with Crippen molar-refractivity contribution in [2.45, 2.75) is 12.3 Å². The molecule has 2 aromatic heterocycles. The number of aromatic nitrogens is 6. The monoisotopic (exact) mass is 284 g/mol. The van der Waals surface area contributed by atoms with Crippen LogP contribution in [0.15, 0.2) is 28.8 Å². The topological polar surface area (TPSA) is 103 Å². The molecule has 0 unspecified atom stereocenters. The molecule has 1 aromatic carbocycles. The van der Waals surface area contributed by atoms with Crippen molar-refractivity contribution in [1.82, 2.24) is 30.8 Å². The molecule has 0 amide bonds. The predicted octanol–water partition coefficient (Wildman–Crippen LogP) is 1.42.